The minimum Gasteiger partial charge on any atom is -0.262 e. The molecule has 3 aromatic rings. The molecule has 3 aromatic heterocycles. The van der Waals surface area contributed by atoms with E-state index < -0.39 is 0 Å². The van der Waals surface area contributed by atoms with Crippen LogP contribution in [0.5, 0.6) is 0 Å². The zero-order valence-electron chi connectivity index (χ0n) is 8.38. The number of nitrogens with zero attached hydrogens (tertiary/aromatic N) is 4. The quantitative estimate of drug-likeness (QED) is 0.667. The molecule has 3 heterocycles. The lowest BCUT2D eigenvalue weighted by Crippen LogP contribution is -1.92. The monoisotopic (exact) mass is 250 g/mol. The highest BCUT2D eigenvalue weighted by atomic mass is 35.5. The summed E-state index contributed by atoms with van der Waals surface area (Å²) in [6.45, 7) is 2.04. The smallest absolute Gasteiger partial charge is 0.180 e. The van der Waals surface area contributed by atoms with Gasteiger partial charge in [-0.05, 0) is 17.9 Å². The van der Waals surface area contributed by atoms with Crippen LogP contribution in [-0.2, 0) is 0 Å². The van der Waals surface area contributed by atoms with Gasteiger partial charge in [-0.3, -0.25) is 9.38 Å². The average molecular weight is 251 g/mol. The third-order valence-corrected chi connectivity index (χ3v) is 3.50. The maximum Gasteiger partial charge on any atom is 0.180 e. The van der Waals surface area contributed by atoms with E-state index in [1.54, 1.807) is 28.1 Å². The number of rotatable bonds is 1. The normalized spacial score (nSPS) is 11.1. The predicted octanol–water partition coefficient (Wildman–Crippen LogP) is 2.81. The fraction of sp³-hybridized carbons (Fsp3) is 0.100. The van der Waals surface area contributed by atoms with E-state index in [1.807, 2.05) is 12.3 Å². The molecule has 16 heavy (non-hydrogen) atoms. The highest BCUT2D eigenvalue weighted by molar-refractivity contribution is 7.08. The number of aromatic nitrogens is 4. The Kier molecular flexibility index (Phi) is 2.15. The summed E-state index contributed by atoms with van der Waals surface area (Å²) in [5, 5.41) is 12.8. The molecule has 0 bridgehead atoms. The molecular weight excluding hydrogens is 244 g/mol. The molecule has 0 atom stereocenters. The Labute approximate surface area is 101 Å². The van der Waals surface area contributed by atoms with Gasteiger partial charge in [0.05, 0.1) is 12.4 Å². The van der Waals surface area contributed by atoms with Crippen molar-refractivity contribution in [2.75, 3.05) is 0 Å². The summed E-state index contributed by atoms with van der Waals surface area (Å²) in [7, 11) is 0. The number of halogens is 1. The van der Waals surface area contributed by atoms with Gasteiger partial charge in [0, 0.05) is 10.9 Å². The van der Waals surface area contributed by atoms with Crippen molar-refractivity contribution in [3.8, 4) is 11.4 Å². The largest absolute Gasteiger partial charge is 0.262 e. The summed E-state index contributed by atoms with van der Waals surface area (Å²) in [4.78, 5) is 3.98. The molecule has 0 aliphatic heterocycles. The van der Waals surface area contributed by atoms with Crippen molar-refractivity contribution in [3.05, 3.63) is 33.9 Å². The SMILES string of the molecule is Cc1cscc1-c1nnc2cncc(Cl)n12. The molecule has 6 heteroatoms. The van der Waals surface area contributed by atoms with E-state index in [-0.39, 0.29) is 0 Å². The second kappa shape index (κ2) is 3.54. The summed E-state index contributed by atoms with van der Waals surface area (Å²) < 4.78 is 1.80. The van der Waals surface area contributed by atoms with E-state index in [0.29, 0.717) is 10.8 Å². The fourth-order valence-electron chi connectivity index (χ4n) is 1.58. The summed E-state index contributed by atoms with van der Waals surface area (Å²) in [6, 6.07) is 0. The molecule has 4 nitrogen and oxygen atoms in total. The van der Waals surface area contributed by atoms with Gasteiger partial charge in [-0.15, -0.1) is 10.2 Å². The molecule has 0 N–H and O–H groups in total. The lowest BCUT2D eigenvalue weighted by atomic mass is 10.2. The predicted molar refractivity (Wildman–Crippen MR) is 63.8 cm³/mol. The molecule has 0 unspecified atom stereocenters. The minimum absolute atomic E-state index is 0.517. The topological polar surface area (TPSA) is 43.1 Å². The van der Waals surface area contributed by atoms with Crippen LogP contribution in [0.2, 0.25) is 5.15 Å². The molecule has 0 aliphatic rings. The second-order valence-corrected chi connectivity index (χ2v) is 4.55. The van der Waals surface area contributed by atoms with Crippen molar-refractivity contribution in [1.29, 1.82) is 0 Å². The zero-order valence-corrected chi connectivity index (χ0v) is 9.96. The molecule has 0 saturated heterocycles. The van der Waals surface area contributed by atoms with Crippen molar-refractivity contribution in [2.24, 2.45) is 0 Å². The van der Waals surface area contributed by atoms with Crippen molar-refractivity contribution < 1.29 is 0 Å². The van der Waals surface area contributed by atoms with Crippen LogP contribution in [0.3, 0.4) is 0 Å². The number of hydrogen-bond acceptors (Lipinski definition) is 4. The molecule has 0 aliphatic carbocycles. The van der Waals surface area contributed by atoms with E-state index in [9.17, 15) is 0 Å². The van der Waals surface area contributed by atoms with Crippen LogP contribution < -0.4 is 0 Å². The molecule has 0 aromatic carbocycles. The zero-order chi connectivity index (χ0) is 11.1. The van der Waals surface area contributed by atoms with Gasteiger partial charge >= 0.3 is 0 Å². The van der Waals surface area contributed by atoms with E-state index in [1.165, 1.54) is 5.56 Å². The summed E-state index contributed by atoms with van der Waals surface area (Å²) in [6.07, 6.45) is 3.23. The molecule has 0 radical (unpaired) electrons. The molecule has 3 rings (SSSR count). The number of hydrogen-bond donors (Lipinski definition) is 0. The van der Waals surface area contributed by atoms with Gasteiger partial charge in [0.1, 0.15) is 5.15 Å². The van der Waals surface area contributed by atoms with E-state index >= 15 is 0 Å². The van der Waals surface area contributed by atoms with E-state index in [2.05, 4.69) is 20.6 Å². The van der Waals surface area contributed by atoms with Gasteiger partial charge in [-0.2, -0.15) is 11.3 Å². The van der Waals surface area contributed by atoms with Crippen LogP contribution in [0.4, 0.5) is 0 Å². The standard InChI is InChI=1S/C10H7ClN4S/c1-6-4-16-5-7(6)10-14-13-9-3-12-2-8(11)15(9)10/h2-5H,1H3. The first-order valence-corrected chi connectivity index (χ1v) is 5.97. The lowest BCUT2D eigenvalue weighted by Gasteiger charge is -2.00. The fourth-order valence-corrected chi connectivity index (χ4v) is 2.63. The first kappa shape index (κ1) is 9.74. The van der Waals surface area contributed by atoms with Crippen LogP contribution in [0.1, 0.15) is 5.56 Å². The lowest BCUT2D eigenvalue weighted by molar-refractivity contribution is 1.11. The molecule has 0 spiro atoms. The summed E-state index contributed by atoms with van der Waals surface area (Å²) in [5.74, 6) is 0.765. The molecule has 0 fully saturated rings. The van der Waals surface area contributed by atoms with Gasteiger partial charge in [0.15, 0.2) is 11.5 Å². The Morgan fingerprint density at radius 1 is 1.25 bits per heavy atom. The average Bonchev–Trinajstić information content (AvgIpc) is 2.84. The highest BCUT2D eigenvalue weighted by Gasteiger charge is 2.13. The Morgan fingerprint density at radius 3 is 2.88 bits per heavy atom. The number of thiophene rings is 1. The van der Waals surface area contributed by atoms with Crippen LogP contribution >= 0.6 is 22.9 Å². The molecular formula is C10H7ClN4S. The summed E-state index contributed by atoms with van der Waals surface area (Å²) in [5.41, 5.74) is 2.89. The third kappa shape index (κ3) is 1.32. The van der Waals surface area contributed by atoms with Gasteiger partial charge < -0.3 is 0 Å². The Balaban J connectivity index is 2.37. The maximum atomic E-state index is 6.10. The van der Waals surface area contributed by atoms with Gasteiger partial charge in [-0.1, -0.05) is 11.6 Å². The Morgan fingerprint density at radius 2 is 2.12 bits per heavy atom. The second-order valence-electron chi connectivity index (χ2n) is 3.42. The van der Waals surface area contributed by atoms with Crippen LogP contribution in [0.25, 0.3) is 17.0 Å². The number of fused-ring (bicyclic) bond motifs is 1. The van der Waals surface area contributed by atoms with Crippen molar-refractivity contribution >= 4 is 28.6 Å². The van der Waals surface area contributed by atoms with Crippen molar-refractivity contribution in [1.82, 2.24) is 19.6 Å². The van der Waals surface area contributed by atoms with Crippen LogP contribution in [-0.4, -0.2) is 19.6 Å². The molecule has 80 valence electrons. The third-order valence-electron chi connectivity index (χ3n) is 2.37. The summed E-state index contributed by atoms with van der Waals surface area (Å²) >= 11 is 7.74. The van der Waals surface area contributed by atoms with E-state index in [4.69, 9.17) is 11.6 Å². The molecule has 0 saturated carbocycles. The highest BCUT2D eigenvalue weighted by Crippen LogP contribution is 2.27. The minimum atomic E-state index is 0.517. The number of aryl methyl sites for hydroxylation is 1. The Bertz CT molecular complexity index is 658. The van der Waals surface area contributed by atoms with Crippen LogP contribution in [0, 0.1) is 6.92 Å². The Hall–Kier alpha value is -1.46. The van der Waals surface area contributed by atoms with Crippen LogP contribution in [0.15, 0.2) is 23.2 Å². The first-order chi connectivity index (χ1) is 7.77. The molecule has 0 amide bonds. The van der Waals surface area contributed by atoms with E-state index in [0.717, 1.165) is 11.4 Å². The van der Waals surface area contributed by atoms with Crippen molar-refractivity contribution in [2.45, 2.75) is 6.92 Å². The van der Waals surface area contributed by atoms with Gasteiger partial charge in [0.25, 0.3) is 0 Å². The first-order valence-electron chi connectivity index (χ1n) is 4.65. The van der Waals surface area contributed by atoms with Gasteiger partial charge in [0.2, 0.25) is 0 Å². The van der Waals surface area contributed by atoms with Crippen molar-refractivity contribution in [3.63, 3.8) is 0 Å². The maximum absolute atomic E-state index is 6.10. The van der Waals surface area contributed by atoms with Gasteiger partial charge in [-0.25, -0.2) is 0 Å².